The quantitative estimate of drug-likeness (QED) is 0.423. The van der Waals surface area contributed by atoms with Crippen molar-refractivity contribution < 1.29 is 23.7 Å². The lowest BCUT2D eigenvalue weighted by atomic mass is 9.87. The zero-order chi connectivity index (χ0) is 25.1. The summed E-state index contributed by atoms with van der Waals surface area (Å²) in [7, 11) is 6.48. The van der Waals surface area contributed by atoms with Crippen molar-refractivity contribution in [1.29, 1.82) is 0 Å². The Morgan fingerprint density at radius 2 is 1.54 bits per heavy atom. The van der Waals surface area contributed by atoms with Crippen LogP contribution in [0.3, 0.4) is 0 Å². The van der Waals surface area contributed by atoms with E-state index in [1.807, 2.05) is 54.3 Å². The molecule has 1 aliphatic heterocycles. The number of aryl methyl sites for hydroxylation is 1. The van der Waals surface area contributed by atoms with E-state index in [0.29, 0.717) is 53.0 Å². The van der Waals surface area contributed by atoms with Crippen LogP contribution in [0, 0.1) is 6.92 Å². The van der Waals surface area contributed by atoms with Crippen LogP contribution in [0.4, 0.5) is 0 Å². The van der Waals surface area contributed by atoms with Crippen molar-refractivity contribution in [2.75, 3.05) is 35.0 Å². The first-order valence-corrected chi connectivity index (χ1v) is 11.8. The fraction of sp³-hybridized carbons (Fsp3) is 0.321. The minimum atomic E-state index is -0.218. The summed E-state index contributed by atoms with van der Waals surface area (Å²) >= 11 is 6.35. The Morgan fingerprint density at radius 3 is 2.20 bits per heavy atom. The Hall–Kier alpha value is -3.38. The number of benzene rings is 3. The molecule has 1 amide bonds. The second-order valence-corrected chi connectivity index (χ2v) is 8.93. The molecule has 0 bridgehead atoms. The summed E-state index contributed by atoms with van der Waals surface area (Å²) in [4.78, 5) is 15.7. The minimum absolute atomic E-state index is 0.0576. The van der Waals surface area contributed by atoms with Crippen molar-refractivity contribution in [2.24, 2.45) is 0 Å². The van der Waals surface area contributed by atoms with Gasteiger partial charge < -0.3 is 23.8 Å². The number of nitrogens with zero attached hydrogens (tertiary/aromatic N) is 1. The molecule has 6 nitrogen and oxygen atoms in total. The van der Waals surface area contributed by atoms with Crippen molar-refractivity contribution >= 4 is 17.5 Å². The van der Waals surface area contributed by atoms with Gasteiger partial charge in [-0.15, -0.1) is 0 Å². The molecule has 0 unspecified atom stereocenters. The molecule has 0 saturated carbocycles. The smallest absolute Gasteiger partial charge is 0.254 e. The van der Waals surface area contributed by atoms with Gasteiger partial charge in [-0.3, -0.25) is 4.79 Å². The average Bonchev–Trinajstić information content (AvgIpc) is 2.89. The molecule has 4 rings (SSSR count). The molecule has 1 aliphatic rings. The number of hydrogen-bond donors (Lipinski definition) is 0. The van der Waals surface area contributed by atoms with Crippen LogP contribution in [-0.2, 0) is 12.8 Å². The Labute approximate surface area is 211 Å². The van der Waals surface area contributed by atoms with Gasteiger partial charge in [0.25, 0.3) is 5.91 Å². The Morgan fingerprint density at radius 1 is 0.886 bits per heavy atom. The van der Waals surface area contributed by atoms with Gasteiger partial charge in [-0.2, -0.15) is 0 Å². The Balaban J connectivity index is 1.79. The predicted octanol–water partition coefficient (Wildman–Crippen LogP) is 5.67. The molecule has 0 radical (unpaired) electrons. The van der Waals surface area contributed by atoms with Gasteiger partial charge in [0.05, 0.1) is 34.5 Å². The third-order valence-electron chi connectivity index (χ3n) is 6.56. The summed E-state index contributed by atoms with van der Waals surface area (Å²) in [6, 6.07) is 15.1. The molecule has 184 valence electrons. The molecule has 7 heteroatoms. The second kappa shape index (κ2) is 10.5. The molecule has 0 saturated heterocycles. The highest BCUT2D eigenvalue weighted by Crippen LogP contribution is 2.41. The van der Waals surface area contributed by atoms with Gasteiger partial charge in [0.15, 0.2) is 23.0 Å². The second-order valence-electron chi connectivity index (χ2n) is 8.53. The van der Waals surface area contributed by atoms with Crippen molar-refractivity contribution in [2.45, 2.75) is 25.8 Å². The van der Waals surface area contributed by atoms with E-state index in [4.69, 9.17) is 30.5 Å². The average molecular weight is 496 g/mol. The van der Waals surface area contributed by atoms with E-state index in [-0.39, 0.29) is 11.9 Å². The maximum Gasteiger partial charge on any atom is 0.254 e. The van der Waals surface area contributed by atoms with Crippen LogP contribution in [0.5, 0.6) is 23.0 Å². The fourth-order valence-electron chi connectivity index (χ4n) is 4.61. The molecule has 0 aliphatic carbocycles. The Bertz CT molecular complexity index is 1240. The van der Waals surface area contributed by atoms with E-state index in [2.05, 4.69) is 0 Å². The first-order valence-electron chi connectivity index (χ1n) is 11.4. The number of amides is 1. The van der Waals surface area contributed by atoms with Crippen LogP contribution < -0.4 is 18.9 Å². The maximum absolute atomic E-state index is 13.7. The summed E-state index contributed by atoms with van der Waals surface area (Å²) < 4.78 is 22.0. The highest BCUT2D eigenvalue weighted by atomic mass is 35.5. The highest BCUT2D eigenvalue weighted by molar-refractivity contribution is 6.31. The fourth-order valence-corrected chi connectivity index (χ4v) is 4.79. The normalized spacial score (nSPS) is 14.8. The monoisotopic (exact) mass is 495 g/mol. The van der Waals surface area contributed by atoms with E-state index in [0.717, 1.165) is 22.3 Å². The van der Waals surface area contributed by atoms with E-state index in [1.165, 1.54) is 0 Å². The lowest BCUT2D eigenvalue weighted by Gasteiger charge is -2.38. The zero-order valence-electron chi connectivity index (χ0n) is 20.7. The summed E-state index contributed by atoms with van der Waals surface area (Å²) in [5, 5.41) is 0.580. The number of carbonyl (C=O) groups is 1. The van der Waals surface area contributed by atoms with Crippen molar-refractivity contribution in [3.63, 3.8) is 0 Å². The van der Waals surface area contributed by atoms with Crippen LogP contribution in [0.25, 0.3) is 0 Å². The largest absolute Gasteiger partial charge is 0.493 e. The molecule has 0 spiro atoms. The van der Waals surface area contributed by atoms with Crippen LogP contribution in [0.15, 0.2) is 48.5 Å². The Kier molecular flexibility index (Phi) is 7.41. The van der Waals surface area contributed by atoms with Crippen LogP contribution in [-0.4, -0.2) is 45.8 Å². The minimum Gasteiger partial charge on any atom is -0.493 e. The van der Waals surface area contributed by atoms with Gasteiger partial charge in [0, 0.05) is 17.1 Å². The first-order chi connectivity index (χ1) is 16.9. The third-order valence-corrected chi connectivity index (χ3v) is 6.97. The lowest BCUT2D eigenvalue weighted by molar-refractivity contribution is 0.0659. The number of ether oxygens (including phenoxy) is 4. The van der Waals surface area contributed by atoms with Gasteiger partial charge in [-0.25, -0.2) is 0 Å². The third kappa shape index (κ3) is 4.89. The molecule has 1 heterocycles. The standard InChI is InChI=1S/C28H30ClNO5/c1-17-6-8-20(14-22(17)29)28(31)30-11-10-19-15-26(34-4)27(35-5)16-21(19)23(30)12-18-7-9-24(32-2)25(13-18)33-3/h6-9,13-16,23H,10-12H2,1-5H3/t23-/m1/s1. The van der Waals surface area contributed by atoms with Gasteiger partial charge in [0.2, 0.25) is 0 Å². The van der Waals surface area contributed by atoms with E-state index in [9.17, 15) is 4.79 Å². The predicted molar refractivity (Wildman–Crippen MR) is 136 cm³/mol. The summed E-state index contributed by atoms with van der Waals surface area (Å²) in [6.45, 7) is 2.50. The van der Waals surface area contributed by atoms with Gasteiger partial charge in [-0.05, 0) is 78.4 Å². The molecule has 0 fully saturated rings. The number of hydrogen-bond acceptors (Lipinski definition) is 5. The number of carbonyl (C=O) groups excluding carboxylic acids is 1. The van der Waals surface area contributed by atoms with Gasteiger partial charge >= 0.3 is 0 Å². The molecule has 0 aromatic heterocycles. The van der Waals surface area contributed by atoms with Gasteiger partial charge in [-0.1, -0.05) is 23.7 Å². The van der Waals surface area contributed by atoms with Crippen LogP contribution in [0.2, 0.25) is 5.02 Å². The topological polar surface area (TPSA) is 57.2 Å². The molecule has 0 N–H and O–H groups in total. The van der Waals surface area contributed by atoms with E-state index in [1.54, 1.807) is 34.5 Å². The van der Waals surface area contributed by atoms with Crippen molar-refractivity contribution in [3.8, 4) is 23.0 Å². The van der Waals surface area contributed by atoms with E-state index >= 15 is 0 Å². The lowest BCUT2D eigenvalue weighted by Crippen LogP contribution is -2.41. The highest BCUT2D eigenvalue weighted by Gasteiger charge is 2.33. The van der Waals surface area contributed by atoms with Gasteiger partial charge in [0.1, 0.15) is 0 Å². The zero-order valence-corrected chi connectivity index (χ0v) is 21.4. The number of rotatable bonds is 7. The number of methoxy groups -OCH3 is 4. The molecule has 35 heavy (non-hydrogen) atoms. The summed E-state index contributed by atoms with van der Waals surface area (Å²) in [5.41, 5.74) is 4.71. The van der Waals surface area contributed by atoms with Crippen LogP contribution in [0.1, 0.15) is 38.7 Å². The SMILES string of the molecule is COc1ccc(C[C@@H]2c3cc(OC)c(OC)cc3CCN2C(=O)c2ccc(C)c(Cl)c2)cc1OC. The molecule has 1 atom stereocenters. The molecular formula is C28H30ClNO5. The summed E-state index contributed by atoms with van der Waals surface area (Å²) in [6.07, 6.45) is 1.30. The van der Waals surface area contributed by atoms with Crippen molar-refractivity contribution in [3.05, 3.63) is 81.4 Å². The summed E-state index contributed by atoms with van der Waals surface area (Å²) in [5.74, 6) is 2.57. The van der Waals surface area contributed by atoms with Crippen molar-refractivity contribution in [1.82, 2.24) is 4.90 Å². The van der Waals surface area contributed by atoms with E-state index < -0.39 is 0 Å². The molecule has 3 aromatic rings. The first kappa shape index (κ1) is 24.7. The maximum atomic E-state index is 13.7. The molecular weight excluding hydrogens is 466 g/mol. The molecule has 3 aromatic carbocycles. The number of halogens is 1. The number of fused-ring (bicyclic) bond motifs is 1. The van der Waals surface area contributed by atoms with Crippen LogP contribution >= 0.6 is 11.6 Å².